The normalized spacial score (nSPS) is 51.7. The molecule has 17 heavy (non-hydrogen) atoms. The van der Waals surface area contributed by atoms with E-state index in [2.05, 4.69) is 17.3 Å². The fourth-order valence-corrected chi connectivity index (χ4v) is 4.51. The summed E-state index contributed by atoms with van der Waals surface area (Å²) in [7, 11) is 2.23. The van der Waals surface area contributed by atoms with Crippen molar-refractivity contribution >= 4 is 11.6 Å². The predicted octanol–water partition coefficient (Wildman–Crippen LogP) is 1.36. The first-order valence-corrected chi connectivity index (χ1v) is 7.46. The largest absolute Gasteiger partial charge is 0.327 e. The molecule has 3 rings (SSSR count). The Morgan fingerprint density at radius 1 is 1.24 bits per heavy atom. The predicted molar refractivity (Wildman–Crippen MR) is 71.0 cm³/mol. The monoisotopic (exact) mass is 257 g/mol. The van der Waals surface area contributed by atoms with Gasteiger partial charge in [-0.05, 0) is 51.6 Å². The van der Waals surface area contributed by atoms with Crippen LogP contribution in [0.1, 0.15) is 32.1 Å². The molecule has 3 nitrogen and oxygen atoms in total. The molecule has 0 spiro atoms. The van der Waals surface area contributed by atoms with Gasteiger partial charge in [0.15, 0.2) is 0 Å². The smallest absolute Gasteiger partial charge is 0.0640 e. The Morgan fingerprint density at radius 2 is 2.06 bits per heavy atom. The highest BCUT2D eigenvalue weighted by Crippen LogP contribution is 2.39. The first-order valence-electron chi connectivity index (χ1n) is 7.03. The third-order valence-corrected chi connectivity index (χ3v) is 5.53. The summed E-state index contributed by atoms with van der Waals surface area (Å²) >= 11 is 6.31. The zero-order chi connectivity index (χ0) is 12.0. The molecule has 0 aromatic rings. The van der Waals surface area contributed by atoms with Crippen LogP contribution in [-0.4, -0.2) is 42.1 Å². The maximum atomic E-state index is 6.54. The highest BCUT2D eigenvalue weighted by molar-refractivity contribution is 6.20. The van der Waals surface area contributed by atoms with E-state index in [0.29, 0.717) is 35.5 Å². The molecule has 3 N–H and O–H groups in total. The minimum absolute atomic E-state index is 0.343. The molecule has 3 aliphatic rings. The van der Waals surface area contributed by atoms with Crippen LogP contribution in [0, 0.1) is 11.8 Å². The van der Waals surface area contributed by atoms with E-state index in [1.807, 2.05) is 0 Å². The van der Waals surface area contributed by atoms with Gasteiger partial charge in [0.1, 0.15) is 0 Å². The van der Waals surface area contributed by atoms with Gasteiger partial charge in [0.2, 0.25) is 0 Å². The number of nitrogens with zero attached hydrogens (tertiary/aromatic N) is 1. The Kier molecular flexibility index (Phi) is 3.37. The van der Waals surface area contributed by atoms with Gasteiger partial charge in [-0.1, -0.05) is 0 Å². The second kappa shape index (κ2) is 4.69. The highest BCUT2D eigenvalue weighted by Gasteiger charge is 2.46. The van der Waals surface area contributed by atoms with E-state index in [4.69, 9.17) is 17.3 Å². The van der Waals surface area contributed by atoms with E-state index in [1.54, 1.807) is 0 Å². The molecule has 2 aliphatic heterocycles. The van der Waals surface area contributed by atoms with Gasteiger partial charge < -0.3 is 5.73 Å². The van der Waals surface area contributed by atoms with Crippen molar-refractivity contribution in [2.24, 2.45) is 17.6 Å². The van der Waals surface area contributed by atoms with Crippen LogP contribution in [0.15, 0.2) is 0 Å². The van der Waals surface area contributed by atoms with Crippen LogP contribution >= 0.6 is 11.6 Å². The summed E-state index contributed by atoms with van der Waals surface area (Å²) in [4.78, 5) is 2.46. The number of hydrogen-bond donors (Lipinski definition) is 2. The number of alkyl halides is 1. The molecular formula is C13H24ClN3. The molecule has 2 saturated heterocycles. The molecule has 4 heteroatoms. The Morgan fingerprint density at radius 3 is 2.88 bits per heavy atom. The van der Waals surface area contributed by atoms with Crippen LogP contribution in [0.2, 0.25) is 0 Å². The number of likely N-dealkylation sites (tertiary alicyclic amines) is 1. The SMILES string of the molecule is CN1CCCC2C(N)C3CC(Cl)CCC3NC21. The van der Waals surface area contributed by atoms with Gasteiger partial charge in [-0.15, -0.1) is 11.6 Å². The number of nitrogens with two attached hydrogens (primary N) is 1. The molecule has 1 saturated carbocycles. The molecular weight excluding hydrogens is 234 g/mol. The van der Waals surface area contributed by atoms with Crippen LogP contribution in [0.3, 0.4) is 0 Å². The van der Waals surface area contributed by atoms with Crippen LogP contribution in [0.25, 0.3) is 0 Å². The van der Waals surface area contributed by atoms with Crippen LogP contribution < -0.4 is 11.1 Å². The molecule has 6 atom stereocenters. The van der Waals surface area contributed by atoms with Crippen molar-refractivity contribution in [1.29, 1.82) is 0 Å². The van der Waals surface area contributed by atoms with Crippen molar-refractivity contribution in [2.75, 3.05) is 13.6 Å². The van der Waals surface area contributed by atoms with E-state index >= 15 is 0 Å². The van der Waals surface area contributed by atoms with Crippen LogP contribution in [0.4, 0.5) is 0 Å². The number of nitrogens with one attached hydrogen (secondary N) is 1. The lowest BCUT2D eigenvalue weighted by Crippen LogP contribution is -2.68. The fraction of sp³-hybridized carbons (Fsp3) is 1.00. The topological polar surface area (TPSA) is 41.3 Å². The summed E-state index contributed by atoms with van der Waals surface area (Å²) in [5.74, 6) is 1.22. The Balaban J connectivity index is 1.78. The Bertz CT molecular complexity index is 284. The average molecular weight is 258 g/mol. The lowest BCUT2D eigenvalue weighted by Gasteiger charge is -2.54. The van der Waals surface area contributed by atoms with Gasteiger partial charge in [-0.3, -0.25) is 10.2 Å². The number of hydrogen-bond acceptors (Lipinski definition) is 3. The quantitative estimate of drug-likeness (QED) is 0.644. The minimum atomic E-state index is 0.343. The molecule has 6 unspecified atom stereocenters. The number of halogens is 1. The number of rotatable bonds is 0. The fourth-order valence-electron chi connectivity index (χ4n) is 4.18. The number of piperidine rings is 2. The number of fused-ring (bicyclic) bond motifs is 2. The van der Waals surface area contributed by atoms with Gasteiger partial charge in [-0.25, -0.2) is 0 Å². The first-order chi connectivity index (χ1) is 8.16. The summed E-state index contributed by atoms with van der Waals surface area (Å²) in [5, 5.41) is 4.19. The molecule has 0 aromatic carbocycles. The summed E-state index contributed by atoms with van der Waals surface area (Å²) < 4.78 is 0. The average Bonchev–Trinajstić information content (AvgIpc) is 2.32. The molecule has 98 valence electrons. The van der Waals surface area contributed by atoms with Crippen molar-refractivity contribution in [3.63, 3.8) is 0 Å². The third-order valence-electron chi connectivity index (χ3n) is 5.14. The van der Waals surface area contributed by atoms with E-state index in [-0.39, 0.29) is 0 Å². The van der Waals surface area contributed by atoms with E-state index in [1.165, 1.54) is 25.8 Å². The van der Waals surface area contributed by atoms with E-state index in [0.717, 1.165) is 12.8 Å². The van der Waals surface area contributed by atoms with Crippen molar-refractivity contribution in [3.8, 4) is 0 Å². The Hall–Kier alpha value is 0.170. The van der Waals surface area contributed by atoms with Crippen molar-refractivity contribution in [3.05, 3.63) is 0 Å². The Labute approximate surface area is 109 Å². The molecule has 2 heterocycles. The summed E-state index contributed by atoms with van der Waals surface area (Å²) in [6.07, 6.45) is 6.51. The van der Waals surface area contributed by atoms with Crippen molar-refractivity contribution in [1.82, 2.24) is 10.2 Å². The van der Waals surface area contributed by atoms with E-state index in [9.17, 15) is 0 Å². The zero-order valence-electron chi connectivity index (χ0n) is 10.6. The van der Waals surface area contributed by atoms with Gasteiger partial charge in [0.25, 0.3) is 0 Å². The second-order valence-corrected chi connectivity index (χ2v) is 6.77. The van der Waals surface area contributed by atoms with Gasteiger partial charge in [-0.2, -0.15) is 0 Å². The minimum Gasteiger partial charge on any atom is -0.327 e. The molecule has 0 amide bonds. The molecule has 3 fully saturated rings. The lowest BCUT2D eigenvalue weighted by molar-refractivity contribution is -0.00533. The summed E-state index contributed by atoms with van der Waals surface area (Å²) in [5.41, 5.74) is 6.54. The van der Waals surface area contributed by atoms with Gasteiger partial charge in [0, 0.05) is 23.4 Å². The summed E-state index contributed by atoms with van der Waals surface area (Å²) in [6.45, 7) is 1.20. The zero-order valence-corrected chi connectivity index (χ0v) is 11.4. The highest BCUT2D eigenvalue weighted by atomic mass is 35.5. The second-order valence-electron chi connectivity index (χ2n) is 6.16. The van der Waals surface area contributed by atoms with Crippen LogP contribution in [0.5, 0.6) is 0 Å². The standard InChI is InChI=1S/C13H24ClN3/c1-17-6-2-3-9-12(15)10-7-8(14)4-5-11(10)16-13(9)17/h8-13,16H,2-7,15H2,1H3. The molecule has 1 aliphatic carbocycles. The molecule has 0 aromatic heterocycles. The summed E-state index contributed by atoms with van der Waals surface area (Å²) in [6, 6.07) is 0.942. The molecule has 0 radical (unpaired) electrons. The van der Waals surface area contributed by atoms with E-state index < -0.39 is 0 Å². The third kappa shape index (κ3) is 2.12. The van der Waals surface area contributed by atoms with Gasteiger partial charge >= 0.3 is 0 Å². The van der Waals surface area contributed by atoms with Crippen molar-refractivity contribution in [2.45, 2.75) is 55.7 Å². The maximum absolute atomic E-state index is 6.54. The van der Waals surface area contributed by atoms with Gasteiger partial charge in [0.05, 0.1) is 6.17 Å². The van der Waals surface area contributed by atoms with Crippen LogP contribution in [-0.2, 0) is 0 Å². The molecule has 0 bridgehead atoms. The maximum Gasteiger partial charge on any atom is 0.0640 e. The first kappa shape index (κ1) is 12.2. The van der Waals surface area contributed by atoms with Crippen molar-refractivity contribution < 1.29 is 0 Å². The lowest BCUT2D eigenvalue weighted by atomic mass is 9.69.